The van der Waals surface area contributed by atoms with Gasteiger partial charge in [-0.1, -0.05) is 65.5 Å². The van der Waals surface area contributed by atoms with E-state index in [0.29, 0.717) is 24.0 Å². The molecule has 0 heterocycles. The number of hydrogen-bond donors (Lipinski definition) is 2. The summed E-state index contributed by atoms with van der Waals surface area (Å²) in [5.74, 6) is 4.93. The smallest absolute Gasteiger partial charge is 0.408 e. The van der Waals surface area contributed by atoms with Crippen molar-refractivity contribution in [2.24, 2.45) is 46.3 Å². The third kappa shape index (κ3) is 7.74. The molecule has 3 fully saturated rings. The summed E-state index contributed by atoms with van der Waals surface area (Å²) in [6, 6.07) is 0. The molecular weight excluding hydrogens is 524 g/mol. The van der Waals surface area contributed by atoms with Gasteiger partial charge in [0.15, 0.2) is 0 Å². The number of nitrogens with one attached hydrogen (secondary N) is 2. The highest BCUT2D eigenvalue weighted by Gasteiger charge is 2.59. The highest BCUT2D eigenvalue weighted by atomic mass is 16.6. The molecule has 240 valence electrons. The van der Waals surface area contributed by atoms with Gasteiger partial charge in [-0.3, -0.25) is 4.79 Å². The largest absolute Gasteiger partial charge is 0.444 e. The minimum Gasteiger partial charge on any atom is -0.444 e. The zero-order valence-electron chi connectivity index (χ0n) is 28.2. The van der Waals surface area contributed by atoms with Crippen molar-refractivity contribution in [2.45, 2.75) is 138 Å². The van der Waals surface area contributed by atoms with Crippen LogP contribution in [0, 0.1) is 46.3 Å². The normalized spacial score (nSPS) is 35.0. The number of carbonyl (C=O) groups excluding carboxylic acids is 2. The Balaban J connectivity index is 1.24. The predicted octanol–water partition coefficient (Wildman–Crippen LogP) is 8.05. The minimum atomic E-state index is -0.582. The lowest BCUT2D eigenvalue weighted by Gasteiger charge is -2.58. The second-order valence-corrected chi connectivity index (χ2v) is 16.2. The maximum atomic E-state index is 12.1. The number of allylic oxidation sites excluding steroid dienone is 1. The maximum absolute atomic E-state index is 12.1. The Labute approximate surface area is 256 Å². The van der Waals surface area contributed by atoms with Crippen molar-refractivity contribution in [2.75, 3.05) is 19.7 Å². The van der Waals surface area contributed by atoms with Crippen LogP contribution in [0.15, 0.2) is 11.6 Å². The van der Waals surface area contributed by atoms with Gasteiger partial charge in [0.1, 0.15) is 5.60 Å². The van der Waals surface area contributed by atoms with Crippen LogP contribution >= 0.6 is 0 Å². The Morgan fingerprint density at radius 1 is 1.00 bits per heavy atom. The standard InChI is InChI=1S/C36H62N2O4/c1-24(2)10-9-11-25(3)29-14-15-30-28-13-12-26-22-27(16-18-35(26,7)31(28)17-19-36(29,30)8)41-21-20-37-32(39)23-38-33(40)42-34(4,5)6/h12,24-25,27-31H,9-11,13-23H2,1-8H3,(H,37,39)(H,38,40)/t25-,27+,28+,29-,30+,31+,35+,36-/m1/s1. The molecule has 0 aliphatic heterocycles. The monoisotopic (exact) mass is 586 g/mol. The van der Waals surface area contributed by atoms with E-state index in [0.717, 1.165) is 48.3 Å². The molecule has 0 spiro atoms. The lowest BCUT2D eigenvalue weighted by atomic mass is 9.47. The molecule has 4 aliphatic rings. The number of hydrogen-bond acceptors (Lipinski definition) is 4. The first-order valence-electron chi connectivity index (χ1n) is 17.3. The van der Waals surface area contributed by atoms with Crippen molar-refractivity contribution in [3.8, 4) is 0 Å². The van der Waals surface area contributed by atoms with Gasteiger partial charge in [0, 0.05) is 6.54 Å². The van der Waals surface area contributed by atoms with E-state index in [1.165, 1.54) is 57.8 Å². The molecule has 2 N–H and O–H groups in total. The molecule has 0 aromatic heterocycles. The summed E-state index contributed by atoms with van der Waals surface area (Å²) in [4.78, 5) is 23.9. The first-order chi connectivity index (χ1) is 19.7. The van der Waals surface area contributed by atoms with Crippen LogP contribution in [0.2, 0.25) is 0 Å². The molecule has 0 saturated heterocycles. The van der Waals surface area contributed by atoms with Gasteiger partial charge in [0.2, 0.25) is 5.91 Å². The van der Waals surface area contributed by atoms with Crippen molar-refractivity contribution >= 4 is 12.0 Å². The topological polar surface area (TPSA) is 76.7 Å². The van der Waals surface area contributed by atoms with Crippen LogP contribution in [-0.4, -0.2) is 43.4 Å². The Hall–Kier alpha value is -1.56. The zero-order chi connectivity index (χ0) is 30.7. The van der Waals surface area contributed by atoms with Crippen molar-refractivity contribution < 1.29 is 19.1 Å². The summed E-state index contributed by atoms with van der Waals surface area (Å²) in [7, 11) is 0. The van der Waals surface area contributed by atoms with Crippen LogP contribution in [0.1, 0.15) is 126 Å². The predicted molar refractivity (Wildman–Crippen MR) is 170 cm³/mol. The van der Waals surface area contributed by atoms with Crippen LogP contribution < -0.4 is 10.6 Å². The van der Waals surface area contributed by atoms with E-state index >= 15 is 0 Å². The number of alkyl carbamates (subject to hydrolysis) is 1. The average molecular weight is 587 g/mol. The summed E-state index contributed by atoms with van der Waals surface area (Å²) in [5, 5.41) is 5.35. The second kappa shape index (κ2) is 13.6. The molecule has 2 amide bonds. The van der Waals surface area contributed by atoms with Gasteiger partial charge in [-0.25, -0.2) is 4.79 Å². The van der Waals surface area contributed by atoms with E-state index in [-0.39, 0.29) is 18.6 Å². The van der Waals surface area contributed by atoms with E-state index in [1.807, 2.05) is 0 Å². The SMILES string of the molecule is CC(C)CCC[C@@H](C)[C@H]1CC[C@H]2[C@@H]3CC=C4C[C@@H](OCCNC(=O)CNC(=O)OC(C)(C)C)CC[C@]4(C)[C@H]3CC[C@]12C. The molecule has 3 saturated carbocycles. The lowest BCUT2D eigenvalue weighted by Crippen LogP contribution is -2.51. The highest BCUT2D eigenvalue weighted by molar-refractivity contribution is 5.82. The first-order valence-corrected chi connectivity index (χ1v) is 17.3. The van der Waals surface area contributed by atoms with Crippen LogP contribution in [0.5, 0.6) is 0 Å². The number of fused-ring (bicyclic) bond motifs is 5. The quantitative estimate of drug-likeness (QED) is 0.190. The molecule has 6 heteroatoms. The highest BCUT2D eigenvalue weighted by Crippen LogP contribution is 2.67. The molecule has 0 aromatic rings. The van der Waals surface area contributed by atoms with Crippen LogP contribution in [0.3, 0.4) is 0 Å². The van der Waals surface area contributed by atoms with E-state index in [2.05, 4.69) is 51.3 Å². The molecule has 0 aromatic carbocycles. The summed E-state index contributed by atoms with van der Waals surface area (Å²) < 4.78 is 11.4. The van der Waals surface area contributed by atoms with Crippen molar-refractivity contribution in [1.82, 2.24) is 10.6 Å². The van der Waals surface area contributed by atoms with Crippen molar-refractivity contribution in [3.05, 3.63) is 11.6 Å². The molecule has 0 radical (unpaired) electrons. The molecule has 4 aliphatic carbocycles. The molecule has 8 atom stereocenters. The van der Waals surface area contributed by atoms with E-state index in [1.54, 1.807) is 26.3 Å². The Kier molecular flexibility index (Phi) is 10.8. The second-order valence-electron chi connectivity index (χ2n) is 16.2. The van der Waals surface area contributed by atoms with Crippen LogP contribution in [0.4, 0.5) is 4.79 Å². The van der Waals surface area contributed by atoms with E-state index < -0.39 is 11.7 Å². The minimum absolute atomic E-state index is 0.0933. The number of ether oxygens (including phenoxy) is 2. The lowest BCUT2D eigenvalue weighted by molar-refractivity contribution is -0.120. The fourth-order valence-corrected chi connectivity index (χ4v) is 9.74. The fraction of sp³-hybridized carbons (Fsp3) is 0.889. The van der Waals surface area contributed by atoms with E-state index in [9.17, 15) is 9.59 Å². The molecular formula is C36H62N2O4. The van der Waals surface area contributed by atoms with Crippen molar-refractivity contribution in [1.29, 1.82) is 0 Å². The Morgan fingerprint density at radius 3 is 2.48 bits per heavy atom. The van der Waals surface area contributed by atoms with Gasteiger partial charge >= 0.3 is 6.09 Å². The summed E-state index contributed by atoms with van der Waals surface area (Å²) in [6.45, 7) is 18.8. The van der Waals surface area contributed by atoms with E-state index in [4.69, 9.17) is 9.47 Å². The molecule has 0 bridgehead atoms. The van der Waals surface area contributed by atoms with Gasteiger partial charge < -0.3 is 20.1 Å². The molecule has 4 rings (SSSR count). The summed E-state index contributed by atoms with van der Waals surface area (Å²) in [6.07, 6.45) is 16.8. The van der Waals surface area contributed by atoms with Crippen LogP contribution in [0.25, 0.3) is 0 Å². The fourth-order valence-electron chi connectivity index (χ4n) is 9.74. The average Bonchev–Trinajstić information content (AvgIpc) is 3.26. The van der Waals surface area contributed by atoms with Crippen molar-refractivity contribution in [3.63, 3.8) is 0 Å². The Bertz CT molecular complexity index is 970. The summed E-state index contributed by atoms with van der Waals surface area (Å²) in [5.41, 5.74) is 1.92. The number of rotatable bonds is 11. The molecule has 6 nitrogen and oxygen atoms in total. The van der Waals surface area contributed by atoms with Gasteiger partial charge in [0.25, 0.3) is 0 Å². The third-order valence-corrected chi connectivity index (χ3v) is 11.8. The van der Waals surface area contributed by atoms with Crippen LogP contribution in [-0.2, 0) is 14.3 Å². The zero-order valence-corrected chi connectivity index (χ0v) is 28.2. The van der Waals surface area contributed by atoms with Gasteiger partial charge in [-0.05, 0) is 118 Å². The third-order valence-electron chi connectivity index (χ3n) is 11.8. The van der Waals surface area contributed by atoms with Gasteiger partial charge in [-0.2, -0.15) is 0 Å². The Morgan fingerprint density at radius 2 is 1.76 bits per heavy atom. The number of amides is 2. The molecule has 42 heavy (non-hydrogen) atoms. The maximum Gasteiger partial charge on any atom is 0.408 e. The summed E-state index contributed by atoms with van der Waals surface area (Å²) >= 11 is 0. The molecule has 0 unspecified atom stereocenters. The van der Waals surface area contributed by atoms with Gasteiger partial charge in [0.05, 0.1) is 19.3 Å². The number of carbonyl (C=O) groups is 2. The van der Waals surface area contributed by atoms with Gasteiger partial charge in [-0.15, -0.1) is 0 Å². The first kappa shape index (κ1) is 33.3.